The average Bonchev–Trinajstić information content (AvgIpc) is 2.41. The number of hydrogen-bond donors (Lipinski definition) is 1. The molecule has 4 nitrogen and oxygen atoms in total. The molecular formula is C14H14FN3O. The second kappa shape index (κ2) is 5.48. The van der Waals surface area contributed by atoms with Crippen LogP contribution in [0.5, 0.6) is 0 Å². The lowest BCUT2D eigenvalue weighted by Crippen LogP contribution is -2.13. The predicted octanol–water partition coefficient (Wildman–Crippen LogP) is 2.54. The number of carbonyl (C=O) groups is 1. The van der Waals surface area contributed by atoms with Gasteiger partial charge in [-0.2, -0.15) is 4.39 Å². The minimum atomic E-state index is -0.576. The van der Waals surface area contributed by atoms with Crippen LogP contribution in [0.3, 0.4) is 0 Å². The number of nitrogens with zero attached hydrogens (tertiary/aromatic N) is 2. The van der Waals surface area contributed by atoms with Crippen LogP contribution >= 0.6 is 0 Å². The summed E-state index contributed by atoms with van der Waals surface area (Å²) in [6.45, 7) is 0. The summed E-state index contributed by atoms with van der Waals surface area (Å²) in [6, 6.07) is 9.86. The van der Waals surface area contributed by atoms with Crippen molar-refractivity contribution in [2.75, 3.05) is 24.3 Å². The Morgan fingerprint density at radius 1 is 1.16 bits per heavy atom. The number of amides is 1. The Bertz CT molecular complexity index is 564. The molecule has 19 heavy (non-hydrogen) atoms. The van der Waals surface area contributed by atoms with E-state index in [1.807, 2.05) is 31.1 Å². The standard InChI is InChI=1S/C14H14FN3O/c1-18(2)12-6-3-10(4-7-12)14(19)17-11-5-8-13(15)16-9-11/h3-9H,1-2H3,(H,17,19). The van der Waals surface area contributed by atoms with Crippen molar-refractivity contribution in [3.05, 3.63) is 54.1 Å². The normalized spacial score (nSPS) is 10.1. The van der Waals surface area contributed by atoms with Crippen LogP contribution in [0.15, 0.2) is 42.6 Å². The number of carbonyl (C=O) groups excluding carboxylic acids is 1. The van der Waals surface area contributed by atoms with E-state index in [0.29, 0.717) is 11.3 Å². The molecule has 1 aromatic carbocycles. The van der Waals surface area contributed by atoms with Crippen molar-refractivity contribution >= 4 is 17.3 Å². The van der Waals surface area contributed by atoms with Crippen LogP contribution in [0.25, 0.3) is 0 Å². The van der Waals surface area contributed by atoms with Crippen LogP contribution in [0.2, 0.25) is 0 Å². The molecule has 0 fully saturated rings. The third-order valence-corrected chi connectivity index (χ3v) is 2.63. The van der Waals surface area contributed by atoms with E-state index >= 15 is 0 Å². The molecule has 1 aromatic heterocycles. The molecule has 0 saturated carbocycles. The number of halogens is 1. The summed E-state index contributed by atoms with van der Waals surface area (Å²) in [4.78, 5) is 17.4. The summed E-state index contributed by atoms with van der Waals surface area (Å²) < 4.78 is 12.6. The number of benzene rings is 1. The Hall–Kier alpha value is -2.43. The third-order valence-electron chi connectivity index (χ3n) is 2.63. The van der Waals surface area contributed by atoms with Crippen molar-refractivity contribution in [2.24, 2.45) is 0 Å². The van der Waals surface area contributed by atoms with E-state index in [4.69, 9.17) is 0 Å². The number of hydrogen-bond acceptors (Lipinski definition) is 3. The SMILES string of the molecule is CN(C)c1ccc(C(=O)Nc2ccc(F)nc2)cc1. The molecule has 0 radical (unpaired) electrons. The number of aromatic nitrogens is 1. The highest BCUT2D eigenvalue weighted by Gasteiger charge is 2.06. The van der Waals surface area contributed by atoms with Crippen LogP contribution < -0.4 is 10.2 Å². The molecule has 0 aliphatic carbocycles. The minimum absolute atomic E-state index is 0.251. The van der Waals surface area contributed by atoms with Crippen LogP contribution in [0.1, 0.15) is 10.4 Å². The molecule has 98 valence electrons. The van der Waals surface area contributed by atoms with Gasteiger partial charge in [-0.3, -0.25) is 4.79 Å². The fraction of sp³-hybridized carbons (Fsp3) is 0.143. The van der Waals surface area contributed by atoms with Crippen LogP contribution in [-0.4, -0.2) is 25.0 Å². The van der Waals surface area contributed by atoms with Gasteiger partial charge in [-0.15, -0.1) is 0 Å². The van der Waals surface area contributed by atoms with Gasteiger partial charge >= 0.3 is 0 Å². The highest BCUT2D eigenvalue weighted by atomic mass is 19.1. The molecule has 0 unspecified atom stereocenters. The topological polar surface area (TPSA) is 45.2 Å². The smallest absolute Gasteiger partial charge is 0.255 e. The third kappa shape index (κ3) is 3.28. The van der Waals surface area contributed by atoms with Crippen molar-refractivity contribution in [1.29, 1.82) is 0 Å². The second-order valence-electron chi connectivity index (χ2n) is 4.27. The molecule has 1 N–H and O–H groups in total. The van der Waals surface area contributed by atoms with E-state index in [0.717, 1.165) is 5.69 Å². The molecule has 0 aliphatic rings. The molecule has 5 heteroatoms. The zero-order valence-electron chi connectivity index (χ0n) is 10.7. The molecular weight excluding hydrogens is 245 g/mol. The molecule has 1 amide bonds. The van der Waals surface area contributed by atoms with Gasteiger partial charge in [0.1, 0.15) is 0 Å². The zero-order chi connectivity index (χ0) is 13.8. The Labute approximate surface area is 110 Å². The fourth-order valence-corrected chi connectivity index (χ4v) is 1.56. The van der Waals surface area contributed by atoms with Gasteiger partial charge in [0.15, 0.2) is 0 Å². The van der Waals surface area contributed by atoms with Crippen molar-refractivity contribution in [2.45, 2.75) is 0 Å². The summed E-state index contributed by atoms with van der Waals surface area (Å²) >= 11 is 0. The number of nitrogens with one attached hydrogen (secondary N) is 1. The maximum Gasteiger partial charge on any atom is 0.255 e. The van der Waals surface area contributed by atoms with E-state index in [9.17, 15) is 9.18 Å². The van der Waals surface area contributed by atoms with Crippen molar-refractivity contribution in [3.8, 4) is 0 Å². The average molecular weight is 259 g/mol. The monoisotopic (exact) mass is 259 g/mol. The largest absolute Gasteiger partial charge is 0.378 e. The second-order valence-corrected chi connectivity index (χ2v) is 4.27. The lowest BCUT2D eigenvalue weighted by atomic mass is 10.2. The summed E-state index contributed by atoms with van der Waals surface area (Å²) in [5, 5.41) is 2.65. The molecule has 2 rings (SSSR count). The van der Waals surface area contributed by atoms with Crippen molar-refractivity contribution in [1.82, 2.24) is 4.98 Å². The minimum Gasteiger partial charge on any atom is -0.378 e. The molecule has 0 aliphatic heterocycles. The van der Waals surface area contributed by atoms with E-state index in [-0.39, 0.29) is 5.91 Å². The maximum atomic E-state index is 12.6. The van der Waals surface area contributed by atoms with Crippen LogP contribution in [-0.2, 0) is 0 Å². The van der Waals surface area contributed by atoms with Gasteiger partial charge < -0.3 is 10.2 Å². The van der Waals surface area contributed by atoms with Gasteiger partial charge in [0, 0.05) is 25.3 Å². The Morgan fingerprint density at radius 3 is 2.37 bits per heavy atom. The predicted molar refractivity (Wildman–Crippen MR) is 72.9 cm³/mol. The van der Waals surface area contributed by atoms with E-state index in [1.54, 1.807) is 12.1 Å². The Balaban J connectivity index is 2.09. The Morgan fingerprint density at radius 2 is 1.84 bits per heavy atom. The lowest BCUT2D eigenvalue weighted by molar-refractivity contribution is 0.102. The van der Waals surface area contributed by atoms with E-state index in [1.165, 1.54) is 18.3 Å². The highest BCUT2D eigenvalue weighted by molar-refractivity contribution is 6.04. The van der Waals surface area contributed by atoms with Gasteiger partial charge in [0.2, 0.25) is 5.95 Å². The van der Waals surface area contributed by atoms with Gasteiger partial charge in [0.05, 0.1) is 11.9 Å². The molecule has 0 bridgehead atoms. The van der Waals surface area contributed by atoms with Gasteiger partial charge in [0.25, 0.3) is 5.91 Å². The van der Waals surface area contributed by atoms with Gasteiger partial charge in [-0.05, 0) is 36.4 Å². The molecule has 0 atom stereocenters. The first-order valence-electron chi connectivity index (χ1n) is 5.76. The molecule has 1 heterocycles. The first-order valence-corrected chi connectivity index (χ1v) is 5.76. The zero-order valence-corrected chi connectivity index (χ0v) is 10.7. The maximum absolute atomic E-state index is 12.6. The van der Waals surface area contributed by atoms with Crippen molar-refractivity contribution in [3.63, 3.8) is 0 Å². The summed E-state index contributed by atoms with van der Waals surface area (Å²) in [5.41, 5.74) is 2.01. The molecule has 2 aromatic rings. The molecule has 0 spiro atoms. The van der Waals surface area contributed by atoms with Crippen molar-refractivity contribution < 1.29 is 9.18 Å². The van der Waals surface area contributed by atoms with Crippen LogP contribution in [0.4, 0.5) is 15.8 Å². The summed E-state index contributed by atoms with van der Waals surface area (Å²) in [7, 11) is 3.86. The quantitative estimate of drug-likeness (QED) is 0.861. The number of pyridine rings is 1. The first-order chi connectivity index (χ1) is 9.06. The van der Waals surface area contributed by atoms with E-state index in [2.05, 4.69) is 10.3 Å². The number of anilines is 2. The first kappa shape index (κ1) is 13.0. The van der Waals surface area contributed by atoms with Gasteiger partial charge in [-0.25, -0.2) is 4.98 Å². The van der Waals surface area contributed by atoms with E-state index < -0.39 is 5.95 Å². The highest BCUT2D eigenvalue weighted by Crippen LogP contribution is 2.14. The Kier molecular flexibility index (Phi) is 3.75. The summed E-state index contributed by atoms with van der Waals surface area (Å²) in [6.07, 6.45) is 1.28. The lowest BCUT2D eigenvalue weighted by Gasteiger charge is -2.12. The fourth-order valence-electron chi connectivity index (χ4n) is 1.56. The molecule has 0 saturated heterocycles. The van der Waals surface area contributed by atoms with Gasteiger partial charge in [-0.1, -0.05) is 0 Å². The van der Waals surface area contributed by atoms with Crippen LogP contribution in [0, 0.1) is 5.95 Å². The number of rotatable bonds is 3. The summed E-state index contributed by atoms with van der Waals surface area (Å²) in [5.74, 6) is -0.827.